The van der Waals surface area contributed by atoms with Gasteiger partial charge >= 0.3 is 6.03 Å². The Hall–Kier alpha value is -0.990. The fourth-order valence-corrected chi connectivity index (χ4v) is 0.372. The molecule has 0 aliphatic heterocycles. The molecular weight excluding hydrogens is 128 g/mol. The average Bonchev–Trinajstić information content (AvgIpc) is 1.97. The third kappa shape index (κ3) is 5.15. The van der Waals surface area contributed by atoms with E-state index >= 15 is 0 Å². The molecule has 0 saturated carbocycles. The topological polar surface area (TPSA) is 41.8 Å². The number of aliphatic imine (C=N–C) groups is 2. The monoisotopic (exact) mass is 140 g/mol. The van der Waals surface area contributed by atoms with E-state index in [1.165, 1.54) is 0 Å². The summed E-state index contributed by atoms with van der Waals surface area (Å²) in [6.45, 7) is 3.83. The number of nitrogens with zero attached hydrogens (tertiary/aromatic N) is 2. The quantitative estimate of drug-likeness (QED) is 0.541. The molecule has 0 bridgehead atoms. The minimum absolute atomic E-state index is 0.413. The normalized spacial score (nSPS) is 11.4. The van der Waals surface area contributed by atoms with Crippen LogP contribution in [-0.2, 0) is 0 Å². The van der Waals surface area contributed by atoms with Gasteiger partial charge in [0.05, 0.1) is 0 Å². The summed E-state index contributed by atoms with van der Waals surface area (Å²) in [6, 6.07) is -0.413. The Morgan fingerprint density at radius 1 is 1.20 bits per heavy atom. The second-order valence-corrected chi connectivity index (χ2v) is 1.72. The summed E-state index contributed by atoms with van der Waals surface area (Å²) in [5, 5.41) is 0. The third-order valence-electron chi connectivity index (χ3n) is 0.769. The van der Waals surface area contributed by atoms with E-state index in [1.807, 2.05) is 13.8 Å². The van der Waals surface area contributed by atoms with Crippen molar-refractivity contribution in [2.45, 2.75) is 26.7 Å². The van der Waals surface area contributed by atoms with Gasteiger partial charge in [-0.05, 0) is 12.8 Å². The van der Waals surface area contributed by atoms with Crippen molar-refractivity contribution in [1.29, 1.82) is 0 Å². The van der Waals surface area contributed by atoms with E-state index in [-0.39, 0.29) is 0 Å². The molecule has 0 aromatic heterocycles. The number of rotatable bonds is 2. The van der Waals surface area contributed by atoms with Gasteiger partial charge in [-0.1, -0.05) is 13.8 Å². The summed E-state index contributed by atoms with van der Waals surface area (Å²) in [5.41, 5.74) is 0. The molecule has 0 fully saturated rings. The highest BCUT2D eigenvalue weighted by Gasteiger charge is 1.86. The number of hydrogen-bond acceptors (Lipinski definition) is 1. The lowest BCUT2D eigenvalue weighted by atomic mass is 10.5. The molecule has 0 aromatic carbocycles. The first kappa shape index (κ1) is 9.01. The van der Waals surface area contributed by atoms with Gasteiger partial charge in [0.25, 0.3) is 0 Å². The minimum atomic E-state index is -0.413. The van der Waals surface area contributed by atoms with Gasteiger partial charge in [0.2, 0.25) is 0 Å². The molecule has 0 aromatic rings. The smallest absolute Gasteiger partial charge is 0.244 e. The number of urea groups is 1. The highest BCUT2D eigenvalue weighted by Crippen LogP contribution is 1.81. The van der Waals surface area contributed by atoms with E-state index in [0.717, 1.165) is 12.8 Å². The van der Waals surface area contributed by atoms with Crippen molar-refractivity contribution >= 4 is 18.5 Å². The zero-order valence-electron chi connectivity index (χ0n) is 6.37. The molecule has 0 unspecified atom stereocenters. The van der Waals surface area contributed by atoms with E-state index in [1.54, 1.807) is 12.4 Å². The fourth-order valence-electron chi connectivity index (χ4n) is 0.372. The zero-order chi connectivity index (χ0) is 7.82. The van der Waals surface area contributed by atoms with Gasteiger partial charge in [-0.3, -0.25) is 0 Å². The Labute approximate surface area is 60.9 Å². The molecule has 0 radical (unpaired) electrons. The Bertz CT molecular complexity index is 134. The summed E-state index contributed by atoms with van der Waals surface area (Å²) in [7, 11) is 0. The summed E-state index contributed by atoms with van der Waals surface area (Å²) < 4.78 is 0. The summed E-state index contributed by atoms with van der Waals surface area (Å²) in [6.07, 6.45) is 4.64. The SMILES string of the molecule is CCC=NC(=O)N=CCC. The molecule has 3 nitrogen and oxygen atoms in total. The van der Waals surface area contributed by atoms with Crippen LogP contribution in [0.2, 0.25) is 0 Å². The Morgan fingerprint density at radius 2 is 1.60 bits per heavy atom. The van der Waals surface area contributed by atoms with Crippen LogP contribution in [0.25, 0.3) is 0 Å². The Kier molecular flexibility index (Phi) is 5.53. The average molecular weight is 140 g/mol. The van der Waals surface area contributed by atoms with Gasteiger partial charge in [0.15, 0.2) is 0 Å². The van der Waals surface area contributed by atoms with Crippen LogP contribution in [0.4, 0.5) is 4.79 Å². The van der Waals surface area contributed by atoms with Crippen molar-refractivity contribution in [3.8, 4) is 0 Å². The summed E-state index contributed by atoms with van der Waals surface area (Å²) >= 11 is 0. The standard InChI is InChI=1S/C7H12N2O/c1-3-5-8-7(10)9-6-4-2/h5-6H,3-4H2,1-2H3. The third-order valence-corrected chi connectivity index (χ3v) is 0.769. The van der Waals surface area contributed by atoms with Gasteiger partial charge in [0, 0.05) is 12.4 Å². The number of amides is 2. The van der Waals surface area contributed by atoms with Crippen LogP contribution in [0.1, 0.15) is 26.7 Å². The number of hydrogen-bond donors (Lipinski definition) is 0. The molecule has 56 valence electrons. The van der Waals surface area contributed by atoms with Crippen LogP contribution in [0.5, 0.6) is 0 Å². The van der Waals surface area contributed by atoms with Crippen LogP contribution in [-0.4, -0.2) is 18.5 Å². The van der Waals surface area contributed by atoms with Gasteiger partial charge in [0.1, 0.15) is 0 Å². The predicted molar refractivity (Wildman–Crippen MR) is 43.0 cm³/mol. The molecule has 2 amide bonds. The molecule has 3 heteroatoms. The van der Waals surface area contributed by atoms with Gasteiger partial charge in [-0.15, -0.1) is 0 Å². The van der Waals surface area contributed by atoms with Gasteiger partial charge < -0.3 is 0 Å². The van der Waals surface area contributed by atoms with E-state index < -0.39 is 6.03 Å². The molecular formula is C7H12N2O. The van der Waals surface area contributed by atoms with Crippen molar-refractivity contribution in [3.63, 3.8) is 0 Å². The zero-order valence-corrected chi connectivity index (χ0v) is 6.37. The van der Waals surface area contributed by atoms with Crippen LogP contribution in [0.3, 0.4) is 0 Å². The molecule has 0 atom stereocenters. The number of carbonyl (C=O) groups is 1. The van der Waals surface area contributed by atoms with Crippen molar-refractivity contribution in [1.82, 2.24) is 0 Å². The second kappa shape index (κ2) is 6.13. The Balaban J connectivity index is 3.63. The van der Waals surface area contributed by atoms with Crippen LogP contribution >= 0.6 is 0 Å². The predicted octanol–water partition coefficient (Wildman–Crippen LogP) is 2.07. The maximum atomic E-state index is 10.6. The first-order valence-corrected chi connectivity index (χ1v) is 3.40. The summed E-state index contributed by atoms with van der Waals surface area (Å²) in [4.78, 5) is 17.6. The van der Waals surface area contributed by atoms with Crippen LogP contribution in [0, 0.1) is 0 Å². The molecule has 10 heavy (non-hydrogen) atoms. The lowest BCUT2D eigenvalue weighted by molar-refractivity contribution is 0.257. The second-order valence-electron chi connectivity index (χ2n) is 1.72. The van der Waals surface area contributed by atoms with Crippen molar-refractivity contribution in [3.05, 3.63) is 0 Å². The van der Waals surface area contributed by atoms with Crippen LogP contribution < -0.4 is 0 Å². The van der Waals surface area contributed by atoms with E-state index in [0.29, 0.717) is 0 Å². The molecule has 0 aliphatic rings. The molecule has 0 spiro atoms. The van der Waals surface area contributed by atoms with Crippen molar-refractivity contribution in [2.75, 3.05) is 0 Å². The van der Waals surface area contributed by atoms with Crippen LogP contribution in [0.15, 0.2) is 9.98 Å². The largest absolute Gasteiger partial charge is 0.366 e. The van der Waals surface area contributed by atoms with Gasteiger partial charge in [-0.25, -0.2) is 14.8 Å². The highest BCUT2D eigenvalue weighted by molar-refractivity contribution is 5.89. The van der Waals surface area contributed by atoms with Gasteiger partial charge in [-0.2, -0.15) is 0 Å². The molecule has 0 N–H and O–H groups in total. The maximum Gasteiger partial charge on any atom is 0.366 e. The minimum Gasteiger partial charge on any atom is -0.244 e. The van der Waals surface area contributed by atoms with E-state index in [4.69, 9.17) is 0 Å². The molecule has 0 heterocycles. The lowest BCUT2D eigenvalue weighted by Crippen LogP contribution is -1.85. The maximum absolute atomic E-state index is 10.6. The van der Waals surface area contributed by atoms with Crippen molar-refractivity contribution in [2.24, 2.45) is 9.98 Å². The first-order chi connectivity index (χ1) is 4.81. The van der Waals surface area contributed by atoms with Crippen molar-refractivity contribution < 1.29 is 4.79 Å². The Morgan fingerprint density at radius 3 is 1.90 bits per heavy atom. The molecule has 0 rings (SSSR count). The number of carbonyl (C=O) groups excluding carboxylic acids is 1. The highest BCUT2D eigenvalue weighted by atomic mass is 16.2. The molecule has 0 aliphatic carbocycles. The fraction of sp³-hybridized carbons (Fsp3) is 0.571. The molecule has 0 saturated heterocycles. The lowest BCUT2D eigenvalue weighted by Gasteiger charge is -1.80. The van der Waals surface area contributed by atoms with E-state index in [2.05, 4.69) is 9.98 Å². The summed E-state index contributed by atoms with van der Waals surface area (Å²) in [5.74, 6) is 0. The first-order valence-electron chi connectivity index (χ1n) is 3.40. The van der Waals surface area contributed by atoms with E-state index in [9.17, 15) is 4.79 Å².